The number of nitrogens with zero attached hydrogens (tertiary/aromatic N) is 2. The Morgan fingerprint density at radius 1 is 1.38 bits per heavy atom. The highest BCUT2D eigenvalue weighted by Gasteiger charge is 2.33. The SMILES string of the molecule is CCN(CC)CC(=O)N1CCC[C@@H]1C(=O)O. The molecule has 5 nitrogen and oxygen atoms in total. The van der Waals surface area contributed by atoms with Crippen molar-refractivity contribution in [2.24, 2.45) is 0 Å². The summed E-state index contributed by atoms with van der Waals surface area (Å²) in [6.07, 6.45) is 1.38. The van der Waals surface area contributed by atoms with Crippen LogP contribution in [0.4, 0.5) is 0 Å². The maximum absolute atomic E-state index is 11.9. The Labute approximate surface area is 96.0 Å². The Morgan fingerprint density at radius 2 is 2.00 bits per heavy atom. The summed E-state index contributed by atoms with van der Waals surface area (Å²) in [7, 11) is 0. The van der Waals surface area contributed by atoms with Crippen molar-refractivity contribution in [2.75, 3.05) is 26.2 Å². The van der Waals surface area contributed by atoms with Crippen LogP contribution in [0.1, 0.15) is 26.7 Å². The van der Waals surface area contributed by atoms with E-state index in [1.165, 1.54) is 4.90 Å². The van der Waals surface area contributed by atoms with Gasteiger partial charge in [-0.2, -0.15) is 0 Å². The van der Waals surface area contributed by atoms with E-state index in [4.69, 9.17) is 5.11 Å². The molecule has 1 heterocycles. The van der Waals surface area contributed by atoms with Gasteiger partial charge in [0.1, 0.15) is 6.04 Å². The van der Waals surface area contributed by atoms with Crippen molar-refractivity contribution in [2.45, 2.75) is 32.7 Å². The molecule has 1 amide bonds. The van der Waals surface area contributed by atoms with Crippen molar-refractivity contribution in [3.05, 3.63) is 0 Å². The largest absolute Gasteiger partial charge is 0.480 e. The lowest BCUT2D eigenvalue weighted by Gasteiger charge is -2.25. The molecule has 1 rings (SSSR count). The maximum Gasteiger partial charge on any atom is 0.326 e. The van der Waals surface area contributed by atoms with Gasteiger partial charge in [0.25, 0.3) is 0 Å². The third-order valence-electron chi connectivity index (χ3n) is 3.11. The summed E-state index contributed by atoms with van der Waals surface area (Å²) >= 11 is 0. The number of carbonyl (C=O) groups excluding carboxylic acids is 1. The van der Waals surface area contributed by atoms with Gasteiger partial charge in [0, 0.05) is 6.54 Å². The van der Waals surface area contributed by atoms with E-state index in [9.17, 15) is 9.59 Å². The van der Waals surface area contributed by atoms with E-state index >= 15 is 0 Å². The molecule has 0 aromatic heterocycles. The topological polar surface area (TPSA) is 60.9 Å². The fraction of sp³-hybridized carbons (Fsp3) is 0.818. The van der Waals surface area contributed by atoms with E-state index in [-0.39, 0.29) is 5.91 Å². The summed E-state index contributed by atoms with van der Waals surface area (Å²) in [6, 6.07) is -0.608. The lowest BCUT2D eigenvalue weighted by atomic mass is 10.2. The molecule has 1 aliphatic rings. The van der Waals surface area contributed by atoms with E-state index < -0.39 is 12.0 Å². The number of hydrogen-bond donors (Lipinski definition) is 1. The van der Waals surface area contributed by atoms with Crippen molar-refractivity contribution in [3.8, 4) is 0 Å². The maximum atomic E-state index is 11.9. The quantitative estimate of drug-likeness (QED) is 0.740. The number of carboxylic acids is 1. The van der Waals surface area contributed by atoms with Gasteiger partial charge in [0.15, 0.2) is 0 Å². The van der Waals surface area contributed by atoms with E-state index in [1.807, 2.05) is 18.7 Å². The van der Waals surface area contributed by atoms with Gasteiger partial charge in [-0.25, -0.2) is 4.79 Å². The fourth-order valence-corrected chi connectivity index (χ4v) is 2.05. The second kappa shape index (κ2) is 5.84. The highest BCUT2D eigenvalue weighted by atomic mass is 16.4. The second-order valence-corrected chi connectivity index (χ2v) is 4.04. The first-order valence-corrected chi connectivity index (χ1v) is 5.84. The van der Waals surface area contributed by atoms with Crippen LogP contribution in [-0.2, 0) is 9.59 Å². The molecule has 0 saturated carbocycles. The van der Waals surface area contributed by atoms with Crippen LogP contribution in [0.3, 0.4) is 0 Å². The van der Waals surface area contributed by atoms with Crippen LogP contribution < -0.4 is 0 Å². The average molecular weight is 228 g/mol. The van der Waals surface area contributed by atoms with Crippen molar-refractivity contribution < 1.29 is 14.7 Å². The van der Waals surface area contributed by atoms with E-state index in [0.29, 0.717) is 19.5 Å². The van der Waals surface area contributed by atoms with Gasteiger partial charge in [-0.05, 0) is 25.9 Å². The van der Waals surface area contributed by atoms with Gasteiger partial charge < -0.3 is 10.0 Å². The Kier molecular flexibility index (Phi) is 4.73. The molecule has 1 atom stereocenters. The van der Waals surface area contributed by atoms with Crippen LogP contribution in [0.5, 0.6) is 0 Å². The van der Waals surface area contributed by atoms with Crippen LogP contribution in [0, 0.1) is 0 Å². The molecular weight excluding hydrogens is 208 g/mol. The zero-order valence-corrected chi connectivity index (χ0v) is 9.98. The van der Waals surface area contributed by atoms with Gasteiger partial charge in [-0.1, -0.05) is 13.8 Å². The molecule has 0 bridgehead atoms. The Bertz CT molecular complexity index is 264. The van der Waals surface area contributed by atoms with Gasteiger partial charge >= 0.3 is 5.97 Å². The Balaban J connectivity index is 2.56. The number of hydrogen-bond acceptors (Lipinski definition) is 3. The molecule has 0 aromatic carbocycles. The molecule has 0 aromatic rings. The van der Waals surface area contributed by atoms with Crippen molar-refractivity contribution >= 4 is 11.9 Å². The predicted octanol–water partition coefficient (Wildman–Crippen LogP) is 0.404. The minimum absolute atomic E-state index is 0.0615. The third-order valence-corrected chi connectivity index (χ3v) is 3.11. The number of aliphatic carboxylic acids is 1. The summed E-state index contributed by atoms with van der Waals surface area (Å²) in [5.74, 6) is -0.945. The average Bonchev–Trinajstić information content (AvgIpc) is 2.74. The van der Waals surface area contributed by atoms with Gasteiger partial charge in [0.2, 0.25) is 5.91 Å². The molecule has 0 radical (unpaired) electrons. The highest BCUT2D eigenvalue weighted by Crippen LogP contribution is 2.17. The number of carboxylic acid groups (broad SMARTS) is 1. The van der Waals surface area contributed by atoms with E-state index in [1.54, 1.807) is 0 Å². The second-order valence-electron chi connectivity index (χ2n) is 4.04. The molecule has 1 aliphatic heterocycles. The lowest BCUT2D eigenvalue weighted by Crippen LogP contribution is -2.45. The molecule has 16 heavy (non-hydrogen) atoms. The summed E-state index contributed by atoms with van der Waals surface area (Å²) in [5.41, 5.74) is 0. The zero-order chi connectivity index (χ0) is 12.1. The zero-order valence-electron chi connectivity index (χ0n) is 9.98. The van der Waals surface area contributed by atoms with E-state index in [0.717, 1.165) is 19.5 Å². The summed E-state index contributed by atoms with van der Waals surface area (Å²) < 4.78 is 0. The molecule has 1 fully saturated rings. The summed E-state index contributed by atoms with van der Waals surface area (Å²) in [5, 5.41) is 8.97. The molecule has 1 saturated heterocycles. The minimum Gasteiger partial charge on any atom is -0.480 e. The summed E-state index contributed by atoms with van der Waals surface area (Å²) in [6.45, 7) is 6.53. The number of carbonyl (C=O) groups is 2. The smallest absolute Gasteiger partial charge is 0.326 e. The molecule has 0 spiro atoms. The molecule has 92 valence electrons. The number of rotatable bonds is 5. The normalized spacial score (nSPS) is 20.4. The fourth-order valence-electron chi connectivity index (χ4n) is 2.05. The van der Waals surface area contributed by atoms with Crippen molar-refractivity contribution in [1.29, 1.82) is 0 Å². The predicted molar refractivity (Wildman–Crippen MR) is 60.2 cm³/mol. The Hall–Kier alpha value is -1.10. The van der Waals surface area contributed by atoms with Crippen LogP contribution in [-0.4, -0.2) is 59.0 Å². The summed E-state index contributed by atoms with van der Waals surface area (Å²) in [4.78, 5) is 26.3. The highest BCUT2D eigenvalue weighted by molar-refractivity contribution is 5.85. The third kappa shape index (κ3) is 2.95. The van der Waals surface area contributed by atoms with Gasteiger partial charge in [0.05, 0.1) is 6.54 Å². The van der Waals surface area contributed by atoms with Crippen LogP contribution in [0.25, 0.3) is 0 Å². The van der Waals surface area contributed by atoms with Crippen LogP contribution >= 0.6 is 0 Å². The molecule has 5 heteroatoms. The van der Waals surface area contributed by atoms with Crippen LogP contribution in [0.15, 0.2) is 0 Å². The number of likely N-dealkylation sites (N-methyl/N-ethyl adjacent to an activating group) is 1. The van der Waals surface area contributed by atoms with E-state index in [2.05, 4.69) is 0 Å². The molecule has 0 unspecified atom stereocenters. The molecule has 1 N–H and O–H groups in total. The first-order chi connectivity index (χ1) is 7.60. The monoisotopic (exact) mass is 228 g/mol. The van der Waals surface area contributed by atoms with Gasteiger partial charge in [-0.3, -0.25) is 9.69 Å². The number of amides is 1. The lowest BCUT2D eigenvalue weighted by molar-refractivity contribution is -0.148. The van der Waals surface area contributed by atoms with Crippen molar-refractivity contribution in [1.82, 2.24) is 9.80 Å². The Morgan fingerprint density at radius 3 is 2.50 bits per heavy atom. The van der Waals surface area contributed by atoms with Crippen LogP contribution in [0.2, 0.25) is 0 Å². The first-order valence-electron chi connectivity index (χ1n) is 5.84. The number of likely N-dealkylation sites (tertiary alicyclic amines) is 1. The van der Waals surface area contributed by atoms with Gasteiger partial charge in [-0.15, -0.1) is 0 Å². The molecule has 0 aliphatic carbocycles. The molecular formula is C11H20N2O3. The standard InChI is InChI=1S/C11H20N2O3/c1-3-12(4-2)8-10(14)13-7-5-6-9(13)11(15)16/h9H,3-8H2,1-2H3,(H,15,16)/t9-/m1/s1. The van der Waals surface area contributed by atoms with Crippen molar-refractivity contribution in [3.63, 3.8) is 0 Å². The first kappa shape index (κ1) is 13.0. The minimum atomic E-state index is -0.884.